The summed E-state index contributed by atoms with van der Waals surface area (Å²) in [7, 11) is 0. The highest BCUT2D eigenvalue weighted by atomic mass is 35.5. The molecule has 84 valence electrons. The van der Waals surface area contributed by atoms with Gasteiger partial charge in [0.25, 0.3) is 5.91 Å². The van der Waals surface area contributed by atoms with E-state index in [1.165, 1.54) is 0 Å². The largest absolute Gasteiger partial charge is 0.444 e. The summed E-state index contributed by atoms with van der Waals surface area (Å²) in [6.45, 7) is 4.95. The summed E-state index contributed by atoms with van der Waals surface area (Å²) in [4.78, 5) is 21.5. The molecule has 0 spiro atoms. The van der Waals surface area contributed by atoms with Crippen LogP contribution in [-0.4, -0.2) is 28.9 Å². The van der Waals surface area contributed by atoms with Crippen LogP contribution >= 0.6 is 12.4 Å². The van der Waals surface area contributed by atoms with Crippen LogP contribution in [0.1, 0.15) is 20.8 Å². The van der Waals surface area contributed by atoms with E-state index < -0.39 is 23.8 Å². The van der Waals surface area contributed by atoms with Gasteiger partial charge in [-0.25, -0.2) is 4.79 Å². The normalized spacial score (nSPS) is 12.4. The lowest BCUT2D eigenvalue weighted by atomic mass is 10.2. The van der Waals surface area contributed by atoms with E-state index in [0.717, 1.165) is 0 Å². The average molecular weight is 227 g/mol. The zero-order chi connectivity index (χ0) is 10.6. The van der Waals surface area contributed by atoms with E-state index in [1.807, 2.05) is 0 Å². The SMILES string of the molecule is CC(C)(C)OC(=O)NC(=O)C(N)O.Cl. The maximum atomic E-state index is 10.9. The molecule has 1 unspecified atom stereocenters. The Morgan fingerprint density at radius 3 is 2.14 bits per heavy atom. The molecular formula is C7H15ClN2O4. The monoisotopic (exact) mass is 226 g/mol. The van der Waals surface area contributed by atoms with Crippen LogP contribution in [0.4, 0.5) is 4.79 Å². The second-order valence-electron chi connectivity index (χ2n) is 3.44. The fraction of sp³-hybridized carbons (Fsp3) is 0.714. The van der Waals surface area contributed by atoms with Gasteiger partial charge in [-0.05, 0) is 20.8 Å². The highest BCUT2D eigenvalue weighted by Crippen LogP contribution is 2.06. The Morgan fingerprint density at radius 1 is 1.43 bits per heavy atom. The Labute approximate surface area is 88.2 Å². The molecule has 0 radical (unpaired) electrons. The summed E-state index contributed by atoms with van der Waals surface area (Å²) >= 11 is 0. The Hall–Kier alpha value is -0.850. The van der Waals surface area contributed by atoms with Crippen molar-refractivity contribution in [3.63, 3.8) is 0 Å². The summed E-state index contributed by atoms with van der Waals surface area (Å²) in [5.41, 5.74) is 4.09. The number of hydrogen-bond acceptors (Lipinski definition) is 5. The predicted molar refractivity (Wildman–Crippen MR) is 51.8 cm³/mol. The first-order valence-electron chi connectivity index (χ1n) is 3.70. The number of carbonyl (C=O) groups excluding carboxylic acids is 2. The number of ether oxygens (including phenoxy) is 1. The summed E-state index contributed by atoms with van der Waals surface area (Å²) in [5, 5.41) is 10.3. The van der Waals surface area contributed by atoms with E-state index in [-0.39, 0.29) is 12.4 Å². The molecule has 0 heterocycles. The van der Waals surface area contributed by atoms with Crippen LogP contribution in [0.3, 0.4) is 0 Å². The van der Waals surface area contributed by atoms with E-state index in [4.69, 9.17) is 15.6 Å². The van der Waals surface area contributed by atoms with Gasteiger partial charge in [-0.3, -0.25) is 15.8 Å². The van der Waals surface area contributed by atoms with Crippen LogP contribution in [0.25, 0.3) is 0 Å². The number of hydrogen-bond donors (Lipinski definition) is 3. The number of halogens is 1. The van der Waals surface area contributed by atoms with Crippen molar-refractivity contribution >= 4 is 24.4 Å². The van der Waals surface area contributed by atoms with Crippen molar-refractivity contribution in [3.8, 4) is 0 Å². The number of alkyl carbamates (subject to hydrolysis) is 1. The maximum Gasteiger partial charge on any atom is 0.414 e. The van der Waals surface area contributed by atoms with Crippen LogP contribution in [0.2, 0.25) is 0 Å². The molecule has 7 heteroatoms. The van der Waals surface area contributed by atoms with Crippen molar-refractivity contribution in [2.24, 2.45) is 5.73 Å². The van der Waals surface area contributed by atoms with Gasteiger partial charge < -0.3 is 9.84 Å². The number of aliphatic hydroxyl groups excluding tert-OH is 1. The summed E-state index contributed by atoms with van der Waals surface area (Å²) in [5.74, 6) is -0.991. The van der Waals surface area contributed by atoms with Crippen molar-refractivity contribution in [1.29, 1.82) is 0 Å². The molecule has 0 fully saturated rings. The minimum atomic E-state index is -1.72. The number of carbonyl (C=O) groups is 2. The topological polar surface area (TPSA) is 102 Å². The smallest absolute Gasteiger partial charge is 0.414 e. The van der Waals surface area contributed by atoms with Crippen LogP contribution in [0.15, 0.2) is 0 Å². The molecule has 0 bridgehead atoms. The average Bonchev–Trinajstić information content (AvgIpc) is 1.81. The number of nitrogens with two attached hydrogens (primary N) is 1. The van der Waals surface area contributed by atoms with Gasteiger partial charge in [0, 0.05) is 0 Å². The molecule has 0 aromatic rings. The summed E-state index contributed by atoms with van der Waals surface area (Å²) in [6, 6.07) is 0. The van der Waals surface area contributed by atoms with Crippen LogP contribution in [-0.2, 0) is 9.53 Å². The Kier molecular flexibility index (Phi) is 6.46. The molecule has 14 heavy (non-hydrogen) atoms. The molecule has 0 aliphatic carbocycles. The van der Waals surface area contributed by atoms with Crippen molar-refractivity contribution < 1.29 is 19.4 Å². The van der Waals surface area contributed by atoms with E-state index in [2.05, 4.69) is 0 Å². The Balaban J connectivity index is 0. The molecule has 0 aliphatic rings. The number of nitrogens with one attached hydrogen (secondary N) is 1. The molecule has 0 aromatic heterocycles. The van der Waals surface area contributed by atoms with Crippen molar-refractivity contribution in [1.82, 2.24) is 5.32 Å². The third-order valence-corrected chi connectivity index (χ3v) is 0.893. The van der Waals surface area contributed by atoms with Crippen LogP contribution in [0.5, 0.6) is 0 Å². The van der Waals surface area contributed by atoms with Crippen molar-refractivity contribution in [2.75, 3.05) is 0 Å². The first kappa shape index (κ1) is 15.6. The van der Waals surface area contributed by atoms with Gasteiger partial charge in [-0.1, -0.05) is 0 Å². The minimum Gasteiger partial charge on any atom is -0.444 e. The molecule has 1 atom stereocenters. The number of imide groups is 1. The Bertz CT molecular complexity index is 212. The number of amides is 2. The third kappa shape index (κ3) is 7.78. The zero-order valence-electron chi connectivity index (χ0n) is 8.23. The van der Waals surface area contributed by atoms with Crippen molar-refractivity contribution in [3.05, 3.63) is 0 Å². The fourth-order valence-electron chi connectivity index (χ4n) is 0.478. The lowest BCUT2D eigenvalue weighted by molar-refractivity contribution is -0.128. The van der Waals surface area contributed by atoms with Gasteiger partial charge >= 0.3 is 6.09 Å². The van der Waals surface area contributed by atoms with Gasteiger partial charge in [-0.15, -0.1) is 12.4 Å². The second-order valence-corrected chi connectivity index (χ2v) is 3.44. The first-order valence-corrected chi connectivity index (χ1v) is 3.70. The molecule has 0 saturated carbocycles. The second kappa shape index (κ2) is 5.79. The van der Waals surface area contributed by atoms with Gasteiger partial charge in [0.05, 0.1) is 0 Å². The Morgan fingerprint density at radius 2 is 1.86 bits per heavy atom. The third-order valence-electron chi connectivity index (χ3n) is 0.893. The van der Waals surface area contributed by atoms with E-state index in [9.17, 15) is 9.59 Å². The van der Waals surface area contributed by atoms with E-state index in [1.54, 1.807) is 26.1 Å². The molecule has 4 N–H and O–H groups in total. The fourth-order valence-corrected chi connectivity index (χ4v) is 0.478. The van der Waals surface area contributed by atoms with Crippen LogP contribution < -0.4 is 11.1 Å². The highest BCUT2D eigenvalue weighted by Gasteiger charge is 2.19. The van der Waals surface area contributed by atoms with E-state index in [0.29, 0.717) is 0 Å². The summed E-state index contributed by atoms with van der Waals surface area (Å²) < 4.78 is 4.72. The molecule has 0 aromatic carbocycles. The lowest BCUT2D eigenvalue weighted by Gasteiger charge is -2.19. The summed E-state index contributed by atoms with van der Waals surface area (Å²) in [6.07, 6.45) is -2.64. The quantitative estimate of drug-likeness (QED) is 0.535. The minimum absolute atomic E-state index is 0. The number of aliphatic hydroxyl groups is 1. The van der Waals surface area contributed by atoms with Gasteiger partial charge in [0.2, 0.25) is 0 Å². The molecular weight excluding hydrogens is 212 g/mol. The maximum absolute atomic E-state index is 10.9. The number of rotatable bonds is 1. The standard InChI is InChI=1S/C7H14N2O4.ClH/c1-7(2,3)13-6(12)9-5(11)4(8)10;/h4,10H,8H2,1-3H3,(H,9,11,12);1H. The van der Waals surface area contributed by atoms with Gasteiger partial charge in [-0.2, -0.15) is 0 Å². The molecule has 0 saturated heterocycles. The lowest BCUT2D eigenvalue weighted by Crippen LogP contribution is -2.45. The van der Waals surface area contributed by atoms with Gasteiger partial charge in [0.1, 0.15) is 5.60 Å². The highest BCUT2D eigenvalue weighted by molar-refractivity contribution is 5.93. The molecule has 2 amide bonds. The first-order chi connectivity index (χ1) is 5.72. The predicted octanol–water partition coefficient (Wildman–Crippen LogP) is -0.263. The molecule has 0 rings (SSSR count). The zero-order valence-corrected chi connectivity index (χ0v) is 9.05. The molecule has 6 nitrogen and oxygen atoms in total. The van der Waals surface area contributed by atoms with E-state index >= 15 is 0 Å². The van der Waals surface area contributed by atoms with Crippen LogP contribution in [0, 0.1) is 0 Å². The molecule has 0 aliphatic heterocycles. The van der Waals surface area contributed by atoms with Crippen molar-refractivity contribution in [2.45, 2.75) is 32.6 Å². The van der Waals surface area contributed by atoms with Gasteiger partial charge in [0.15, 0.2) is 6.23 Å².